The van der Waals surface area contributed by atoms with Gasteiger partial charge in [0, 0.05) is 32.4 Å². The zero-order chi connectivity index (χ0) is 25.6. The van der Waals surface area contributed by atoms with Crippen molar-refractivity contribution in [1.29, 1.82) is 5.26 Å². The number of hydrogen-bond acceptors (Lipinski definition) is 8. The molecule has 0 bridgehead atoms. The lowest BCUT2D eigenvalue weighted by Crippen LogP contribution is -2.49. The van der Waals surface area contributed by atoms with E-state index in [2.05, 4.69) is 10.1 Å². The van der Waals surface area contributed by atoms with E-state index in [4.69, 9.17) is 14.7 Å². The average Bonchev–Trinajstić information content (AvgIpc) is 2.82. The normalized spacial score (nSPS) is 15.9. The SMILES string of the molecule is CC(CC(=O)N1CCN(c2ccc(C#N)cn2)CC1)OCC(C)Oc1cn[nH]c(=O)c1C(F)(F)F. The Hall–Kier alpha value is -3.66. The number of nitrogens with one attached hydrogen (secondary N) is 1. The smallest absolute Gasteiger partial charge is 0.425 e. The summed E-state index contributed by atoms with van der Waals surface area (Å²) in [7, 11) is 0. The molecule has 2 unspecified atom stereocenters. The van der Waals surface area contributed by atoms with Crippen LogP contribution in [-0.4, -0.2) is 71.0 Å². The molecule has 1 N–H and O–H groups in total. The Kier molecular flexibility index (Phi) is 8.29. The number of piperazine rings is 1. The van der Waals surface area contributed by atoms with E-state index in [1.54, 1.807) is 29.1 Å². The summed E-state index contributed by atoms with van der Waals surface area (Å²) in [5, 5.41) is 14.0. The van der Waals surface area contributed by atoms with Gasteiger partial charge in [-0.1, -0.05) is 0 Å². The summed E-state index contributed by atoms with van der Waals surface area (Å²) in [4.78, 5) is 32.2. The molecule has 0 aromatic carbocycles. The molecule has 2 aromatic rings. The minimum Gasteiger partial charge on any atom is -0.486 e. The first-order chi connectivity index (χ1) is 16.6. The highest BCUT2D eigenvalue weighted by Crippen LogP contribution is 2.33. The van der Waals surface area contributed by atoms with Gasteiger partial charge in [0.25, 0.3) is 5.56 Å². The minimum absolute atomic E-state index is 0.0866. The molecule has 1 aliphatic rings. The van der Waals surface area contributed by atoms with Crippen LogP contribution in [0.4, 0.5) is 19.0 Å². The van der Waals surface area contributed by atoms with Crippen molar-refractivity contribution in [2.45, 2.75) is 38.7 Å². The first-order valence-corrected chi connectivity index (χ1v) is 10.9. The number of hydrogen-bond donors (Lipinski definition) is 1. The molecule has 0 radical (unpaired) electrons. The quantitative estimate of drug-likeness (QED) is 0.591. The van der Waals surface area contributed by atoms with Crippen LogP contribution in [0.25, 0.3) is 0 Å². The third-order valence-corrected chi connectivity index (χ3v) is 5.34. The summed E-state index contributed by atoms with van der Waals surface area (Å²) in [6.45, 7) is 5.29. The predicted octanol–water partition coefficient (Wildman–Crippen LogP) is 1.97. The Bertz CT molecular complexity index is 1110. The highest BCUT2D eigenvalue weighted by Gasteiger charge is 2.38. The topological polar surface area (TPSA) is 124 Å². The second-order valence-electron chi connectivity index (χ2n) is 8.10. The minimum atomic E-state index is -4.90. The number of H-pyrrole nitrogens is 1. The summed E-state index contributed by atoms with van der Waals surface area (Å²) >= 11 is 0. The van der Waals surface area contributed by atoms with E-state index in [9.17, 15) is 22.8 Å². The van der Waals surface area contributed by atoms with Crippen molar-refractivity contribution in [3.63, 3.8) is 0 Å². The number of ether oxygens (including phenoxy) is 2. The van der Waals surface area contributed by atoms with Gasteiger partial charge in [-0.3, -0.25) is 9.59 Å². The van der Waals surface area contributed by atoms with Gasteiger partial charge >= 0.3 is 6.18 Å². The molecule has 0 aliphatic carbocycles. The van der Waals surface area contributed by atoms with Crippen molar-refractivity contribution in [3.05, 3.63) is 46.0 Å². The lowest BCUT2D eigenvalue weighted by molar-refractivity contribution is -0.141. The average molecular weight is 494 g/mol. The molecule has 1 saturated heterocycles. The van der Waals surface area contributed by atoms with Crippen LogP contribution in [0.1, 0.15) is 31.4 Å². The standard InChI is InChI=1S/C22H25F3N6O4/c1-14(34-13-15(2)35-17-12-28-29-21(33)20(17)22(23,24)25)9-19(32)31-7-5-30(6-8-31)18-4-3-16(10-26)11-27-18/h3-4,11-12,14-15H,5-9,13H2,1-2H3,(H,29,33). The van der Waals surface area contributed by atoms with Crippen LogP contribution in [-0.2, 0) is 15.7 Å². The van der Waals surface area contributed by atoms with E-state index in [1.807, 2.05) is 11.0 Å². The number of carbonyl (C=O) groups is 1. The van der Waals surface area contributed by atoms with Crippen molar-refractivity contribution < 1.29 is 27.4 Å². The molecule has 1 fully saturated rings. The maximum Gasteiger partial charge on any atom is 0.425 e. The van der Waals surface area contributed by atoms with Crippen molar-refractivity contribution in [3.8, 4) is 11.8 Å². The van der Waals surface area contributed by atoms with Gasteiger partial charge in [0.05, 0.1) is 30.9 Å². The number of nitriles is 1. The largest absolute Gasteiger partial charge is 0.486 e. The molecule has 1 amide bonds. The molecule has 2 aromatic heterocycles. The zero-order valence-electron chi connectivity index (χ0n) is 19.2. The predicted molar refractivity (Wildman–Crippen MR) is 118 cm³/mol. The molecule has 3 rings (SSSR count). The summed E-state index contributed by atoms with van der Waals surface area (Å²) in [5.41, 5.74) is -2.37. The Morgan fingerprint density at radius 1 is 1.20 bits per heavy atom. The summed E-state index contributed by atoms with van der Waals surface area (Å²) in [6.07, 6.45) is -3.81. The van der Waals surface area contributed by atoms with Crippen LogP contribution in [0.3, 0.4) is 0 Å². The fourth-order valence-corrected chi connectivity index (χ4v) is 3.55. The van der Waals surface area contributed by atoms with Crippen molar-refractivity contribution >= 4 is 11.7 Å². The van der Waals surface area contributed by atoms with E-state index < -0.39 is 35.3 Å². The lowest BCUT2D eigenvalue weighted by Gasteiger charge is -2.35. The molecule has 0 saturated carbocycles. The summed E-state index contributed by atoms with van der Waals surface area (Å²) in [5.74, 6) is -0.0431. The molecule has 1 aliphatic heterocycles. The Morgan fingerprint density at radius 3 is 2.51 bits per heavy atom. The molecule has 3 heterocycles. The van der Waals surface area contributed by atoms with Crippen LogP contribution in [0.15, 0.2) is 29.3 Å². The number of rotatable bonds is 8. The fraction of sp³-hybridized carbons (Fsp3) is 0.500. The third kappa shape index (κ3) is 6.92. The number of anilines is 1. The highest BCUT2D eigenvalue weighted by atomic mass is 19.4. The molecule has 188 valence electrons. The van der Waals surface area contributed by atoms with Crippen LogP contribution in [0, 0.1) is 11.3 Å². The number of halogens is 3. The molecule has 2 atom stereocenters. The third-order valence-electron chi connectivity index (χ3n) is 5.34. The first-order valence-electron chi connectivity index (χ1n) is 10.9. The van der Waals surface area contributed by atoms with Gasteiger partial charge < -0.3 is 19.3 Å². The number of pyridine rings is 1. The van der Waals surface area contributed by atoms with Crippen LogP contribution in [0.5, 0.6) is 5.75 Å². The van der Waals surface area contributed by atoms with Crippen LogP contribution >= 0.6 is 0 Å². The van der Waals surface area contributed by atoms with E-state index in [1.165, 1.54) is 13.1 Å². The van der Waals surface area contributed by atoms with Gasteiger partial charge in [-0.15, -0.1) is 0 Å². The maximum absolute atomic E-state index is 13.1. The number of nitrogens with zero attached hydrogens (tertiary/aromatic N) is 5. The molecule has 10 nitrogen and oxygen atoms in total. The van der Waals surface area contributed by atoms with E-state index in [-0.39, 0.29) is 18.9 Å². The van der Waals surface area contributed by atoms with Gasteiger partial charge in [-0.25, -0.2) is 10.1 Å². The second kappa shape index (κ2) is 11.2. The number of aromatic nitrogens is 3. The van der Waals surface area contributed by atoms with E-state index >= 15 is 0 Å². The number of carbonyl (C=O) groups excluding carboxylic acids is 1. The summed E-state index contributed by atoms with van der Waals surface area (Å²) < 4.78 is 50.2. The van der Waals surface area contributed by atoms with E-state index in [0.717, 1.165) is 12.0 Å². The Morgan fingerprint density at radius 2 is 1.91 bits per heavy atom. The first kappa shape index (κ1) is 26.0. The Labute approximate surface area is 199 Å². The molecular weight excluding hydrogens is 469 g/mol. The van der Waals surface area contributed by atoms with E-state index in [0.29, 0.717) is 31.7 Å². The lowest BCUT2D eigenvalue weighted by atomic mass is 10.2. The van der Waals surface area contributed by atoms with Crippen molar-refractivity contribution in [1.82, 2.24) is 20.1 Å². The Balaban J connectivity index is 1.44. The molecular formula is C22H25F3N6O4. The van der Waals surface area contributed by atoms with Gasteiger partial charge in [-0.2, -0.15) is 23.5 Å². The van der Waals surface area contributed by atoms with Crippen molar-refractivity contribution in [2.24, 2.45) is 0 Å². The fourth-order valence-electron chi connectivity index (χ4n) is 3.55. The van der Waals surface area contributed by atoms with Gasteiger partial charge in [0.15, 0.2) is 11.3 Å². The highest BCUT2D eigenvalue weighted by molar-refractivity contribution is 5.77. The molecule has 35 heavy (non-hydrogen) atoms. The van der Waals surface area contributed by atoms with Gasteiger partial charge in [0.1, 0.15) is 18.0 Å². The second-order valence-corrected chi connectivity index (χ2v) is 8.10. The van der Waals surface area contributed by atoms with Gasteiger partial charge in [0.2, 0.25) is 5.91 Å². The van der Waals surface area contributed by atoms with Crippen LogP contribution < -0.4 is 15.2 Å². The number of amides is 1. The zero-order valence-corrected chi connectivity index (χ0v) is 19.2. The van der Waals surface area contributed by atoms with Crippen molar-refractivity contribution in [2.75, 3.05) is 37.7 Å². The van der Waals surface area contributed by atoms with Gasteiger partial charge in [-0.05, 0) is 26.0 Å². The summed E-state index contributed by atoms with van der Waals surface area (Å²) in [6, 6.07) is 5.49. The maximum atomic E-state index is 13.1. The van der Waals surface area contributed by atoms with Crippen LogP contribution in [0.2, 0.25) is 0 Å². The number of aromatic amines is 1. The monoisotopic (exact) mass is 494 g/mol. The number of alkyl halides is 3. The molecule has 13 heteroatoms. The molecule has 0 spiro atoms.